The van der Waals surface area contributed by atoms with Gasteiger partial charge < -0.3 is 15.1 Å². The summed E-state index contributed by atoms with van der Waals surface area (Å²) in [4.78, 5) is 2.49. The van der Waals surface area contributed by atoms with E-state index < -0.39 is 11.7 Å². The van der Waals surface area contributed by atoms with E-state index in [-0.39, 0.29) is 5.92 Å². The minimum atomic E-state index is -0.963. The van der Waals surface area contributed by atoms with Crippen LogP contribution in [0.1, 0.15) is 61.0 Å². The van der Waals surface area contributed by atoms with Crippen molar-refractivity contribution in [1.82, 2.24) is 4.90 Å². The number of piperidine rings is 1. The molecule has 33 heavy (non-hydrogen) atoms. The molecule has 1 saturated heterocycles. The maximum Gasteiger partial charge on any atom is 0.117 e. The lowest BCUT2D eigenvalue weighted by atomic mass is 9.72. The van der Waals surface area contributed by atoms with Crippen molar-refractivity contribution in [3.05, 3.63) is 107 Å². The maximum absolute atomic E-state index is 12.0. The predicted molar refractivity (Wildman–Crippen MR) is 135 cm³/mol. The fraction of sp³-hybridized carbons (Fsp3) is 0.400. The second kappa shape index (κ2) is 11.1. The van der Waals surface area contributed by atoms with Crippen LogP contribution in [0.5, 0.6) is 0 Å². The van der Waals surface area contributed by atoms with Gasteiger partial charge in [0.1, 0.15) is 5.60 Å². The first-order chi connectivity index (χ1) is 16.1. The number of aliphatic hydroxyl groups is 2. The number of hydrogen-bond acceptors (Lipinski definition) is 3. The number of benzene rings is 3. The van der Waals surface area contributed by atoms with Gasteiger partial charge in [-0.25, -0.2) is 0 Å². The van der Waals surface area contributed by atoms with Crippen LogP contribution in [-0.2, 0) is 12.0 Å². The van der Waals surface area contributed by atoms with Crippen LogP contribution in [0.15, 0.2) is 84.9 Å². The Morgan fingerprint density at radius 1 is 0.848 bits per heavy atom. The fourth-order valence-corrected chi connectivity index (χ4v) is 5.25. The van der Waals surface area contributed by atoms with Gasteiger partial charge in [0, 0.05) is 0 Å². The van der Waals surface area contributed by atoms with Crippen molar-refractivity contribution in [3.63, 3.8) is 0 Å². The second-order valence-corrected chi connectivity index (χ2v) is 9.37. The number of aliphatic hydroxyl groups excluding tert-OH is 1. The highest BCUT2D eigenvalue weighted by Crippen LogP contribution is 2.41. The molecule has 1 fully saturated rings. The molecule has 1 aliphatic rings. The van der Waals surface area contributed by atoms with E-state index in [4.69, 9.17) is 0 Å². The molecular formula is C30H37NO2. The molecule has 1 atom stereocenters. The topological polar surface area (TPSA) is 43.7 Å². The molecule has 0 bridgehead atoms. The molecule has 0 aliphatic carbocycles. The molecule has 3 aromatic carbocycles. The Morgan fingerprint density at radius 3 is 1.91 bits per heavy atom. The molecule has 2 N–H and O–H groups in total. The first-order valence-corrected chi connectivity index (χ1v) is 12.4. The van der Waals surface area contributed by atoms with E-state index in [9.17, 15) is 10.2 Å². The summed E-state index contributed by atoms with van der Waals surface area (Å²) in [6, 6.07) is 28.6. The first-order valence-electron chi connectivity index (χ1n) is 12.4. The number of nitrogens with zero attached hydrogens (tertiary/aromatic N) is 1. The van der Waals surface area contributed by atoms with Gasteiger partial charge >= 0.3 is 0 Å². The number of aryl methyl sites for hydroxylation is 1. The summed E-state index contributed by atoms with van der Waals surface area (Å²) in [6.45, 7) is 5.10. The monoisotopic (exact) mass is 443 g/mol. The molecule has 1 unspecified atom stereocenters. The minimum absolute atomic E-state index is 0.182. The van der Waals surface area contributed by atoms with Crippen LogP contribution in [0.3, 0.4) is 0 Å². The Hall–Kier alpha value is -2.46. The molecule has 3 heteroatoms. The number of hydrogen-bond donors (Lipinski definition) is 2. The van der Waals surface area contributed by atoms with Gasteiger partial charge in [-0.15, -0.1) is 0 Å². The summed E-state index contributed by atoms with van der Waals surface area (Å²) in [6.07, 6.45) is 4.31. The zero-order valence-electron chi connectivity index (χ0n) is 19.7. The minimum Gasteiger partial charge on any atom is -0.388 e. The first kappa shape index (κ1) is 23.7. The molecular weight excluding hydrogens is 406 g/mol. The quantitative estimate of drug-likeness (QED) is 0.445. The molecule has 1 heterocycles. The lowest BCUT2D eigenvalue weighted by molar-refractivity contribution is -0.0146. The van der Waals surface area contributed by atoms with Gasteiger partial charge in [-0.05, 0) is 79.9 Å². The van der Waals surface area contributed by atoms with E-state index in [1.165, 1.54) is 5.56 Å². The Kier molecular flexibility index (Phi) is 7.97. The Morgan fingerprint density at radius 2 is 1.39 bits per heavy atom. The van der Waals surface area contributed by atoms with Crippen molar-refractivity contribution in [2.45, 2.75) is 50.7 Å². The van der Waals surface area contributed by atoms with Crippen LogP contribution >= 0.6 is 0 Å². The summed E-state index contributed by atoms with van der Waals surface area (Å²) in [7, 11) is 0. The van der Waals surface area contributed by atoms with Crippen LogP contribution < -0.4 is 0 Å². The van der Waals surface area contributed by atoms with Crippen LogP contribution in [0.4, 0.5) is 0 Å². The molecule has 3 aromatic rings. The molecule has 1 aliphatic heterocycles. The van der Waals surface area contributed by atoms with Crippen LogP contribution in [0.2, 0.25) is 0 Å². The summed E-state index contributed by atoms with van der Waals surface area (Å²) < 4.78 is 0. The summed E-state index contributed by atoms with van der Waals surface area (Å²) in [5.74, 6) is 0.182. The predicted octanol–water partition coefficient (Wildman–Crippen LogP) is 5.71. The van der Waals surface area contributed by atoms with Crippen LogP contribution in [0.25, 0.3) is 0 Å². The van der Waals surface area contributed by atoms with Crippen molar-refractivity contribution in [2.24, 2.45) is 5.92 Å². The van der Waals surface area contributed by atoms with E-state index in [1.54, 1.807) is 0 Å². The zero-order valence-corrected chi connectivity index (χ0v) is 19.7. The van der Waals surface area contributed by atoms with Crippen LogP contribution in [0, 0.1) is 5.92 Å². The van der Waals surface area contributed by atoms with E-state index in [1.807, 2.05) is 60.7 Å². The normalized spacial score (nSPS) is 16.6. The third kappa shape index (κ3) is 5.55. The SMILES string of the molecule is CCc1ccc(C(O)CCCN2CCC(C(O)(c3ccccc3)c3ccccc3)CC2)cc1. The number of rotatable bonds is 9. The van der Waals surface area contributed by atoms with Crippen molar-refractivity contribution in [1.29, 1.82) is 0 Å². The molecule has 3 nitrogen and oxygen atoms in total. The summed E-state index contributed by atoms with van der Waals surface area (Å²) >= 11 is 0. The average molecular weight is 444 g/mol. The van der Waals surface area contributed by atoms with Gasteiger partial charge in [0.25, 0.3) is 0 Å². The van der Waals surface area contributed by atoms with Crippen molar-refractivity contribution in [3.8, 4) is 0 Å². The summed E-state index contributed by atoms with van der Waals surface area (Å²) in [5, 5.41) is 22.6. The van der Waals surface area contributed by atoms with E-state index in [0.29, 0.717) is 0 Å². The second-order valence-electron chi connectivity index (χ2n) is 9.37. The summed E-state index contributed by atoms with van der Waals surface area (Å²) in [5.41, 5.74) is 3.32. The van der Waals surface area contributed by atoms with Crippen molar-refractivity contribution in [2.75, 3.05) is 19.6 Å². The van der Waals surface area contributed by atoms with Gasteiger partial charge in [0.2, 0.25) is 0 Å². The highest BCUT2D eigenvalue weighted by molar-refractivity contribution is 5.37. The van der Waals surface area contributed by atoms with Gasteiger partial charge in [-0.1, -0.05) is 91.9 Å². The average Bonchev–Trinajstić information content (AvgIpc) is 2.89. The third-order valence-corrected chi connectivity index (χ3v) is 7.33. The van der Waals surface area contributed by atoms with Crippen molar-refractivity contribution < 1.29 is 10.2 Å². The molecule has 174 valence electrons. The third-order valence-electron chi connectivity index (χ3n) is 7.33. The molecule has 0 spiro atoms. The Balaban J connectivity index is 1.33. The van der Waals surface area contributed by atoms with Crippen molar-refractivity contribution >= 4 is 0 Å². The lowest BCUT2D eigenvalue weighted by Gasteiger charge is -2.42. The zero-order chi connectivity index (χ0) is 23.1. The van der Waals surface area contributed by atoms with E-state index in [0.717, 1.165) is 68.4 Å². The Labute approximate surface area is 198 Å². The molecule has 4 rings (SSSR count). The molecule has 0 radical (unpaired) electrons. The highest BCUT2D eigenvalue weighted by atomic mass is 16.3. The molecule has 0 amide bonds. The maximum atomic E-state index is 12.0. The smallest absolute Gasteiger partial charge is 0.117 e. The largest absolute Gasteiger partial charge is 0.388 e. The number of likely N-dealkylation sites (tertiary alicyclic amines) is 1. The van der Waals surface area contributed by atoms with E-state index >= 15 is 0 Å². The van der Waals surface area contributed by atoms with Gasteiger partial charge in [0.15, 0.2) is 0 Å². The molecule has 0 saturated carbocycles. The standard InChI is InChI=1S/C30H37NO2/c1-2-24-15-17-25(18-16-24)29(32)14-9-21-31-22-19-28(20-23-31)30(33,26-10-5-3-6-11-26)27-12-7-4-8-13-27/h3-8,10-13,15-18,28-29,32-33H,2,9,14,19-23H2,1H3. The van der Waals surface area contributed by atoms with Gasteiger partial charge in [-0.2, -0.15) is 0 Å². The lowest BCUT2D eigenvalue weighted by Crippen LogP contribution is -2.44. The van der Waals surface area contributed by atoms with E-state index in [2.05, 4.69) is 36.1 Å². The highest BCUT2D eigenvalue weighted by Gasteiger charge is 2.41. The van der Waals surface area contributed by atoms with Gasteiger partial charge in [-0.3, -0.25) is 0 Å². The molecule has 0 aromatic heterocycles. The Bertz CT molecular complexity index is 924. The fourth-order valence-electron chi connectivity index (χ4n) is 5.25. The van der Waals surface area contributed by atoms with Gasteiger partial charge in [0.05, 0.1) is 6.10 Å². The van der Waals surface area contributed by atoms with Crippen LogP contribution in [-0.4, -0.2) is 34.7 Å².